The van der Waals surface area contributed by atoms with Gasteiger partial charge < -0.3 is 5.11 Å². The van der Waals surface area contributed by atoms with Crippen LogP contribution in [0.15, 0.2) is 11.6 Å². The van der Waals surface area contributed by atoms with Crippen LogP contribution < -0.4 is 0 Å². The van der Waals surface area contributed by atoms with Crippen LogP contribution in [0.2, 0.25) is 0 Å². The molecule has 1 N–H and O–H groups in total. The first kappa shape index (κ1) is 10.8. The monoisotopic (exact) mass is 182 g/mol. The summed E-state index contributed by atoms with van der Waals surface area (Å²) >= 11 is 0. The maximum absolute atomic E-state index is 9.92. The molecule has 1 aliphatic rings. The molecule has 0 radical (unpaired) electrons. The summed E-state index contributed by atoms with van der Waals surface area (Å²) in [5.41, 5.74) is 1.47. The molecule has 0 aromatic rings. The molecule has 1 nitrogen and oxygen atoms in total. The molecule has 0 bridgehead atoms. The van der Waals surface area contributed by atoms with Crippen molar-refractivity contribution in [2.45, 2.75) is 46.6 Å². The van der Waals surface area contributed by atoms with Gasteiger partial charge in [-0.25, -0.2) is 0 Å². The summed E-state index contributed by atoms with van der Waals surface area (Å²) in [6, 6.07) is 0. The molecule has 0 amide bonds. The van der Waals surface area contributed by atoms with Crippen molar-refractivity contribution >= 4 is 0 Å². The Morgan fingerprint density at radius 1 is 1.31 bits per heavy atom. The average Bonchev–Trinajstić information content (AvgIpc) is 2.02. The lowest BCUT2D eigenvalue weighted by Crippen LogP contribution is -2.31. The van der Waals surface area contributed by atoms with Gasteiger partial charge in [0.2, 0.25) is 0 Å². The van der Waals surface area contributed by atoms with Crippen LogP contribution >= 0.6 is 0 Å². The lowest BCUT2D eigenvalue weighted by Gasteiger charge is -2.34. The zero-order chi connectivity index (χ0) is 10.0. The molecule has 0 aliphatic heterocycles. The third-order valence-corrected chi connectivity index (χ3v) is 3.03. The van der Waals surface area contributed by atoms with E-state index in [1.54, 1.807) is 0 Å². The van der Waals surface area contributed by atoms with Crippen LogP contribution in [-0.2, 0) is 0 Å². The maximum Gasteiger partial charge on any atom is 0.0611 e. The molecule has 1 aliphatic carbocycles. The van der Waals surface area contributed by atoms with E-state index in [1.165, 1.54) is 5.57 Å². The van der Waals surface area contributed by atoms with Crippen molar-refractivity contribution < 1.29 is 5.11 Å². The quantitative estimate of drug-likeness (QED) is 0.651. The summed E-state index contributed by atoms with van der Waals surface area (Å²) in [6.07, 6.45) is 4.22. The van der Waals surface area contributed by atoms with E-state index in [1.807, 2.05) is 0 Å². The second kappa shape index (κ2) is 4.28. The molecule has 0 spiro atoms. The van der Waals surface area contributed by atoms with E-state index in [0.29, 0.717) is 17.8 Å². The van der Waals surface area contributed by atoms with Gasteiger partial charge in [-0.2, -0.15) is 0 Å². The number of allylic oxidation sites excluding steroid dienone is 1. The van der Waals surface area contributed by atoms with Gasteiger partial charge in [-0.1, -0.05) is 39.3 Å². The molecule has 13 heavy (non-hydrogen) atoms. The third-order valence-electron chi connectivity index (χ3n) is 3.03. The Labute approximate surface area is 81.9 Å². The number of hydrogen-bond acceptors (Lipinski definition) is 1. The smallest absolute Gasteiger partial charge is 0.0611 e. The zero-order valence-electron chi connectivity index (χ0n) is 9.25. The first-order valence-electron chi connectivity index (χ1n) is 5.42. The summed E-state index contributed by atoms with van der Waals surface area (Å²) in [5, 5.41) is 9.92. The Kier molecular flexibility index (Phi) is 3.55. The molecule has 1 heteroatoms. The summed E-state index contributed by atoms with van der Waals surface area (Å²) < 4.78 is 0. The standard InChI is InChI=1S/C12H22O/c1-8(2)10-6-5-7-11(13)12(10)9(3)4/h6,8-9,11-13H,5,7H2,1-4H3. The predicted molar refractivity (Wildman–Crippen MR) is 56.5 cm³/mol. The lowest BCUT2D eigenvalue weighted by molar-refractivity contribution is 0.0821. The molecule has 2 atom stereocenters. The SMILES string of the molecule is CC(C)C1=CCCC(O)C1C(C)C. The van der Waals surface area contributed by atoms with Gasteiger partial charge in [0.15, 0.2) is 0 Å². The van der Waals surface area contributed by atoms with Gasteiger partial charge >= 0.3 is 0 Å². The highest BCUT2D eigenvalue weighted by Crippen LogP contribution is 2.35. The zero-order valence-corrected chi connectivity index (χ0v) is 9.25. The normalized spacial score (nSPS) is 29.6. The van der Waals surface area contributed by atoms with Crippen LogP contribution in [0.3, 0.4) is 0 Å². The van der Waals surface area contributed by atoms with E-state index < -0.39 is 0 Å². The second-order valence-corrected chi connectivity index (χ2v) is 4.77. The Hall–Kier alpha value is -0.300. The highest BCUT2D eigenvalue weighted by atomic mass is 16.3. The van der Waals surface area contributed by atoms with E-state index in [-0.39, 0.29) is 6.10 Å². The molecule has 1 rings (SSSR count). The van der Waals surface area contributed by atoms with Gasteiger partial charge in [-0.05, 0) is 24.7 Å². The minimum absolute atomic E-state index is 0.109. The van der Waals surface area contributed by atoms with Crippen molar-refractivity contribution in [2.24, 2.45) is 17.8 Å². The molecule has 0 saturated carbocycles. The molecular formula is C12H22O. The fourth-order valence-corrected chi connectivity index (χ4v) is 2.41. The van der Waals surface area contributed by atoms with Crippen molar-refractivity contribution in [2.75, 3.05) is 0 Å². The molecule has 0 fully saturated rings. The van der Waals surface area contributed by atoms with E-state index in [9.17, 15) is 5.11 Å². The van der Waals surface area contributed by atoms with Gasteiger partial charge in [0.05, 0.1) is 6.10 Å². The highest BCUT2D eigenvalue weighted by molar-refractivity contribution is 5.15. The van der Waals surface area contributed by atoms with Crippen LogP contribution in [0, 0.1) is 17.8 Å². The largest absolute Gasteiger partial charge is 0.392 e. The van der Waals surface area contributed by atoms with Crippen molar-refractivity contribution in [1.29, 1.82) is 0 Å². The van der Waals surface area contributed by atoms with Crippen molar-refractivity contribution in [1.82, 2.24) is 0 Å². The van der Waals surface area contributed by atoms with E-state index in [4.69, 9.17) is 0 Å². The summed E-state index contributed by atoms with van der Waals surface area (Å²) in [7, 11) is 0. The third kappa shape index (κ3) is 2.34. The predicted octanol–water partition coefficient (Wildman–Crippen LogP) is 3.00. The summed E-state index contributed by atoms with van der Waals surface area (Å²) in [5.74, 6) is 1.54. The fraction of sp³-hybridized carbons (Fsp3) is 0.833. The molecule has 0 heterocycles. The maximum atomic E-state index is 9.92. The second-order valence-electron chi connectivity index (χ2n) is 4.77. The average molecular weight is 182 g/mol. The van der Waals surface area contributed by atoms with Gasteiger partial charge in [-0.3, -0.25) is 0 Å². The molecular weight excluding hydrogens is 160 g/mol. The van der Waals surface area contributed by atoms with Gasteiger partial charge in [0.1, 0.15) is 0 Å². The van der Waals surface area contributed by atoms with Crippen LogP contribution in [0.5, 0.6) is 0 Å². The molecule has 0 aromatic carbocycles. The minimum Gasteiger partial charge on any atom is -0.392 e. The molecule has 0 saturated heterocycles. The summed E-state index contributed by atoms with van der Waals surface area (Å²) in [4.78, 5) is 0. The molecule has 76 valence electrons. The Morgan fingerprint density at radius 2 is 1.92 bits per heavy atom. The van der Waals surface area contributed by atoms with Crippen LogP contribution in [0.1, 0.15) is 40.5 Å². The first-order chi connectivity index (χ1) is 6.04. The van der Waals surface area contributed by atoms with Crippen molar-refractivity contribution in [3.05, 3.63) is 11.6 Å². The topological polar surface area (TPSA) is 20.2 Å². The minimum atomic E-state index is -0.109. The van der Waals surface area contributed by atoms with Gasteiger partial charge in [0.25, 0.3) is 0 Å². The van der Waals surface area contributed by atoms with E-state index >= 15 is 0 Å². The molecule has 2 unspecified atom stereocenters. The number of rotatable bonds is 2. The fourth-order valence-electron chi connectivity index (χ4n) is 2.41. The Balaban J connectivity index is 2.83. The summed E-state index contributed by atoms with van der Waals surface area (Å²) in [6.45, 7) is 8.85. The van der Waals surface area contributed by atoms with Crippen molar-refractivity contribution in [3.8, 4) is 0 Å². The Bertz CT molecular complexity index is 191. The van der Waals surface area contributed by atoms with E-state index in [0.717, 1.165) is 12.8 Å². The Morgan fingerprint density at radius 3 is 2.31 bits per heavy atom. The van der Waals surface area contributed by atoms with Crippen molar-refractivity contribution in [3.63, 3.8) is 0 Å². The van der Waals surface area contributed by atoms with Crippen LogP contribution in [0.25, 0.3) is 0 Å². The number of aliphatic hydroxyl groups is 1. The number of aliphatic hydroxyl groups excluding tert-OH is 1. The van der Waals surface area contributed by atoms with Gasteiger partial charge in [-0.15, -0.1) is 0 Å². The van der Waals surface area contributed by atoms with Crippen LogP contribution in [-0.4, -0.2) is 11.2 Å². The first-order valence-corrected chi connectivity index (χ1v) is 5.42. The highest BCUT2D eigenvalue weighted by Gasteiger charge is 2.29. The van der Waals surface area contributed by atoms with Crippen LogP contribution in [0.4, 0.5) is 0 Å². The molecule has 0 aromatic heterocycles. The van der Waals surface area contributed by atoms with E-state index in [2.05, 4.69) is 33.8 Å². The van der Waals surface area contributed by atoms with Gasteiger partial charge in [0, 0.05) is 5.92 Å². The lowest BCUT2D eigenvalue weighted by atomic mass is 9.74. The number of hydrogen-bond donors (Lipinski definition) is 1.